The summed E-state index contributed by atoms with van der Waals surface area (Å²) in [6, 6.07) is 8.40. The van der Waals surface area contributed by atoms with Crippen LogP contribution in [0, 0.1) is 17.2 Å². The number of primary sulfonamides is 1. The molecule has 2 N–H and O–H groups in total. The number of aliphatic imine (C=N–C) groups is 1. The molecule has 2 aliphatic rings. The molecule has 25 heavy (non-hydrogen) atoms. The zero-order valence-corrected chi connectivity index (χ0v) is 15.0. The third kappa shape index (κ3) is 3.11. The van der Waals surface area contributed by atoms with Gasteiger partial charge in [-0.2, -0.15) is 10.3 Å². The van der Waals surface area contributed by atoms with Gasteiger partial charge >= 0.3 is 0 Å². The Labute approximate surface area is 148 Å². The number of carbonyl (C=O) groups excluding carboxylic acids is 1. The van der Waals surface area contributed by atoms with Crippen molar-refractivity contribution in [1.82, 2.24) is 5.01 Å². The molecule has 0 spiro atoms. The number of nitriles is 1. The van der Waals surface area contributed by atoms with E-state index in [2.05, 4.69) is 10.1 Å². The Hall–Kier alpha value is -2.42. The van der Waals surface area contributed by atoms with Gasteiger partial charge in [-0.25, -0.2) is 18.6 Å². The number of hydrogen-bond acceptors (Lipinski definition) is 8. The van der Waals surface area contributed by atoms with E-state index in [1.165, 1.54) is 5.01 Å². The van der Waals surface area contributed by atoms with Gasteiger partial charge in [-0.3, -0.25) is 4.79 Å². The Balaban J connectivity index is 2.08. The van der Waals surface area contributed by atoms with E-state index in [1.54, 1.807) is 12.1 Å². The SMILES string of the molecule is CN(C)c1ccc(C2C(C#N)C(=O)N=C3SC(S(N)(=O)=O)=NN32)cc1. The second-order valence-corrected chi connectivity index (χ2v) is 8.32. The van der Waals surface area contributed by atoms with Crippen LogP contribution in [-0.2, 0) is 14.8 Å². The molecule has 0 aromatic heterocycles. The summed E-state index contributed by atoms with van der Waals surface area (Å²) in [7, 11) is -0.255. The maximum atomic E-state index is 12.2. The lowest BCUT2D eigenvalue weighted by Gasteiger charge is -2.31. The molecule has 0 bridgehead atoms. The Morgan fingerprint density at radius 2 is 1.96 bits per heavy atom. The third-order valence-electron chi connectivity index (χ3n) is 3.75. The number of hydrazone groups is 1. The normalized spacial score (nSPS) is 22.8. The van der Waals surface area contributed by atoms with Crippen molar-refractivity contribution >= 4 is 42.9 Å². The van der Waals surface area contributed by atoms with Crippen molar-refractivity contribution < 1.29 is 13.2 Å². The van der Waals surface area contributed by atoms with Gasteiger partial charge in [-0.05, 0) is 29.5 Å². The quantitative estimate of drug-likeness (QED) is 0.789. The Morgan fingerprint density at radius 3 is 2.48 bits per heavy atom. The van der Waals surface area contributed by atoms with Crippen LogP contribution in [0.5, 0.6) is 0 Å². The standard InChI is InChI=1S/C14H14N6O3S2/c1-19(2)9-5-3-8(4-6-9)11-10(7-15)12(21)17-13-20(11)18-14(24-13)25(16,22)23/h3-6,10-11H,1-2H3,(H2,16,22,23). The molecule has 0 fully saturated rings. The van der Waals surface area contributed by atoms with Crippen LogP contribution in [0.15, 0.2) is 34.4 Å². The first-order valence-corrected chi connectivity index (χ1v) is 9.46. The van der Waals surface area contributed by atoms with E-state index in [0.29, 0.717) is 17.3 Å². The number of amides is 1. The van der Waals surface area contributed by atoms with Crippen molar-refractivity contribution in [2.24, 2.45) is 21.2 Å². The van der Waals surface area contributed by atoms with Crippen LogP contribution in [0.3, 0.4) is 0 Å². The molecule has 2 aliphatic heterocycles. The monoisotopic (exact) mass is 378 g/mol. The van der Waals surface area contributed by atoms with Crippen molar-refractivity contribution in [3.8, 4) is 6.07 Å². The van der Waals surface area contributed by atoms with Crippen LogP contribution >= 0.6 is 11.8 Å². The molecule has 130 valence electrons. The van der Waals surface area contributed by atoms with Gasteiger partial charge in [0.05, 0.1) is 6.07 Å². The van der Waals surface area contributed by atoms with E-state index < -0.39 is 27.9 Å². The van der Waals surface area contributed by atoms with E-state index in [9.17, 15) is 18.5 Å². The Bertz CT molecular complexity index is 930. The molecule has 0 saturated carbocycles. The van der Waals surface area contributed by atoms with Gasteiger partial charge < -0.3 is 4.90 Å². The minimum absolute atomic E-state index is 0.0993. The molecule has 9 nitrogen and oxygen atoms in total. The highest BCUT2D eigenvalue weighted by molar-refractivity contribution is 8.42. The molecule has 3 rings (SSSR count). The predicted molar refractivity (Wildman–Crippen MR) is 95.0 cm³/mol. The topological polar surface area (TPSA) is 132 Å². The largest absolute Gasteiger partial charge is 0.378 e. The second-order valence-electron chi connectivity index (χ2n) is 5.63. The summed E-state index contributed by atoms with van der Waals surface area (Å²) in [4.78, 5) is 17.9. The van der Waals surface area contributed by atoms with Crippen LogP contribution in [0.1, 0.15) is 11.6 Å². The number of hydrogen-bond donors (Lipinski definition) is 1. The number of nitrogens with zero attached hydrogens (tertiary/aromatic N) is 5. The highest BCUT2D eigenvalue weighted by Crippen LogP contribution is 2.40. The predicted octanol–water partition coefficient (Wildman–Crippen LogP) is 0.438. The fourth-order valence-corrected chi connectivity index (χ4v) is 4.07. The molecule has 0 aliphatic carbocycles. The molecule has 1 aromatic rings. The van der Waals surface area contributed by atoms with Crippen molar-refractivity contribution in [2.75, 3.05) is 19.0 Å². The van der Waals surface area contributed by atoms with Crippen LogP contribution in [0.25, 0.3) is 0 Å². The van der Waals surface area contributed by atoms with Gasteiger partial charge in [-0.15, -0.1) is 5.10 Å². The molecule has 2 unspecified atom stereocenters. The highest BCUT2D eigenvalue weighted by Gasteiger charge is 2.45. The van der Waals surface area contributed by atoms with Crippen LogP contribution < -0.4 is 10.0 Å². The number of carbonyl (C=O) groups is 1. The molecule has 1 amide bonds. The van der Waals surface area contributed by atoms with Gasteiger partial charge in [0.2, 0.25) is 4.38 Å². The van der Waals surface area contributed by atoms with Gasteiger partial charge in [0.15, 0.2) is 11.1 Å². The van der Waals surface area contributed by atoms with Gasteiger partial charge in [-0.1, -0.05) is 12.1 Å². The van der Waals surface area contributed by atoms with E-state index in [0.717, 1.165) is 5.69 Å². The second kappa shape index (κ2) is 6.14. The molecule has 0 radical (unpaired) electrons. The lowest BCUT2D eigenvalue weighted by atomic mass is 9.92. The van der Waals surface area contributed by atoms with Crippen molar-refractivity contribution in [2.45, 2.75) is 6.04 Å². The van der Waals surface area contributed by atoms with Crippen LogP contribution in [0.2, 0.25) is 0 Å². The van der Waals surface area contributed by atoms with E-state index in [-0.39, 0.29) is 9.54 Å². The maximum Gasteiger partial charge on any atom is 0.268 e. The molecular weight excluding hydrogens is 364 g/mol. The number of sulfonamides is 1. The molecule has 2 atom stereocenters. The first kappa shape index (κ1) is 17.4. The van der Waals surface area contributed by atoms with Gasteiger partial charge in [0.1, 0.15) is 6.04 Å². The van der Waals surface area contributed by atoms with E-state index in [4.69, 9.17) is 5.14 Å². The van der Waals surface area contributed by atoms with Gasteiger partial charge in [0.25, 0.3) is 15.9 Å². The number of thioether (sulfide) groups is 1. The number of nitrogens with two attached hydrogens (primary N) is 1. The number of fused-ring (bicyclic) bond motifs is 1. The zero-order valence-electron chi connectivity index (χ0n) is 13.3. The smallest absolute Gasteiger partial charge is 0.268 e. The Kier molecular flexibility index (Phi) is 4.28. The summed E-state index contributed by atoms with van der Waals surface area (Å²) in [6.07, 6.45) is 0. The lowest BCUT2D eigenvalue weighted by molar-refractivity contribution is -0.122. The van der Waals surface area contributed by atoms with Crippen LogP contribution in [0.4, 0.5) is 5.69 Å². The summed E-state index contributed by atoms with van der Waals surface area (Å²) in [5.41, 5.74) is 1.59. The summed E-state index contributed by atoms with van der Waals surface area (Å²) < 4.78 is 22.8. The van der Waals surface area contributed by atoms with Crippen molar-refractivity contribution in [1.29, 1.82) is 5.26 Å². The summed E-state index contributed by atoms with van der Waals surface area (Å²) in [6.45, 7) is 0. The summed E-state index contributed by atoms with van der Waals surface area (Å²) >= 11 is 0.699. The molecular formula is C14H14N6O3S2. The maximum absolute atomic E-state index is 12.2. The average molecular weight is 378 g/mol. The fraction of sp³-hybridized carbons (Fsp3) is 0.286. The van der Waals surface area contributed by atoms with Crippen molar-refractivity contribution in [3.63, 3.8) is 0 Å². The summed E-state index contributed by atoms with van der Waals surface area (Å²) in [5.74, 6) is -1.73. The molecule has 11 heteroatoms. The number of rotatable bonds is 2. The minimum atomic E-state index is -4.04. The Morgan fingerprint density at radius 1 is 1.32 bits per heavy atom. The third-order valence-corrected chi connectivity index (χ3v) is 5.98. The first-order chi connectivity index (χ1) is 11.7. The van der Waals surface area contributed by atoms with Gasteiger partial charge in [0, 0.05) is 19.8 Å². The van der Waals surface area contributed by atoms with E-state index in [1.807, 2.05) is 37.2 Å². The number of amidine groups is 1. The molecule has 0 saturated heterocycles. The molecule has 1 aromatic carbocycles. The number of benzene rings is 1. The fourth-order valence-electron chi connectivity index (χ4n) is 2.52. The molecule has 2 heterocycles. The zero-order chi connectivity index (χ0) is 18.4. The van der Waals surface area contributed by atoms with Crippen molar-refractivity contribution in [3.05, 3.63) is 29.8 Å². The average Bonchev–Trinajstić information content (AvgIpc) is 2.97. The highest BCUT2D eigenvalue weighted by atomic mass is 32.3. The number of anilines is 1. The lowest BCUT2D eigenvalue weighted by Crippen LogP contribution is -2.39. The first-order valence-electron chi connectivity index (χ1n) is 7.10. The summed E-state index contributed by atoms with van der Waals surface area (Å²) in [5, 5.41) is 19.9. The minimum Gasteiger partial charge on any atom is -0.378 e. The van der Waals surface area contributed by atoms with E-state index >= 15 is 0 Å². The van der Waals surface area contributed by atoms with Crippen LogP contribution in [-0.4, -0.2) is 43.0 Å².